The van der Waals surface area contributed by atoms with Gasteiger partial charge in [0.1, 0.15) is 10.8 Å². The lowest BCUT2D eigenvalue weighted by atomic mass is 9.91. The predicted octanol–water partition coefficient (Wildman–Crippen LogP) is 5.12. The molecule has 0 aliphatic carbocycles. The largest absolute Gasteiger partial charge is 0.312 e. The van der Waals surface area contributed by atoms with Crippen molar-refractivity contribution < 1.29 is 4.39 Å². The van der Waals surface area contributed by atoms with Gasteiger partial charge in [-0.15, -0.1) is 11.3 Å². The van der Waals surface area contributed by atoms with Crippen LogP contribution >= 0.6 is 27.3 Å². The van der Waals surface area contributed by atoms with E-state index in [0.717, 1.165) is 33.8 Å². The summed E-state index contributed by atoms with van der Waals surface area (Å²) in [5.41, 5.74) is 1.88. The van der Waals surface area contributed by atoms with Gasteiger partial charge < -0.3 is 5.32 Å². The average molecular weight is 371 g/mol. The van der Waals surface area contributed by atoms with E-state index in [9.17, 15) is 4.39 Å². The van der Waals surface area contributed by atoms with Gasteiger partial charge in [-0.25, -0.2) is 9.37 Å². The molecule has 1 aromatic carbocycles. The molecule has 2 aromatic rings. The zero-order valence-corrected chi connectivity index (χ0v) is 15.2. The summed E-state index contributed by atoms with van der Waals surface area (Å²) in [7, 11) is 0. The van der Waals surface area contributed by atoms with E-state index >= 15 is 0 Å². The number of nitrogens with one attached hydrogen (secondary N) is 1. The minimum Gasteiger partial charge on any atom is -0.312 e. The Kier molecular flexibility index (Phi) is 5.17. The third kappa shape index (κ3) is 4.11. The van der Waals surface area contributed by atoms with Gasteiger partial charge in [0.05, 0.1) is 5.69 Å². The van der Waals surface area contributed by atoms with Crippen LogP contribution in [0.4, 0.5) is 4.39 Å². The molecule has 114 valence electrons. The van der Waals surface area contributed by atoms with Crippen molar-refractivity contribution in [2.45, 2.75) is 39.7 Å². The Balaban J connectivity index is 2.47. The highest BCUT2D eigenvalue weighted by Crippen LogP contribution is 2.35. The Labute approximate surface area is 137 Å². The minimum atomic E-state index is -0.250. The van der Waals surface area contributed by atoms with Gasteiger partial charge >= 0.3 is 0 Å². The molecule has 0 saturated heterocycles. The first-order valence-corrected chi connectivity index (χ1v) is 8.59. The van der Waals surface area contributed by atoms with E-state index in [1.807, 2.05) is 6.07 Å². The summed E-state index contributed by atoms with van der Waals surface area (Å²) in [5, 5.41) is 4.22. The van der Waals surface area contributed by atoms with Crippen LogP contribution in [0.25, 0.3) is 10.6 Å². The van der Waals surface area contributed by atoms with E-state index in [4.69, 9.17) is 4.98 Å². The first-order valence-electron chi connectivity index (χ1n) is 6.98. The van der Waals surface area contributed by atoms with Gasteiger partial charge in [0.25, 0.3) is 0 Å². The van der Waals surface area contributed by atoms with Crippen molar-refractivity contribution in [2.75, 3.05) is 6.54 Å². The highest BCUT2D eigenvalue weighted by Gasteiger charge is 2.23. The van der Waals surface area contributed by atoms with Crippen LogP contribution in [-0.4, -0.2) is 11.5 Å². The van der Waals surface area contributed by atoms with Crippen LogP contribution in [0.1, 0.15) is 38.3 Å². The van der Waals surface area contributed by atoms with E-state index in [2.05, 4.69) is 48.9 Å². The number of hydrogen-bond donors (Lipinski definition) is 1. The zero-order valence-electron chi connectivity index (χ0n) is 12.8. The van der Waals surface area contributed by atoms with E-state index in [1.165, 1.54) is 17.0 Å². The summed E-state index contributed by atoms with van der Waals surface area (Å²) in [6.45, 7) is 10.3. The predicted molar refractivity (Wildman–Crippen MR) is 91.3 cm³/mol. The molecule has 0 spiro atoms. The van der Waals surface area contributed by atoms with E-state index in [-0.39, 0.29) is 11.2 Å². The van der Waals surface area contributed by atoms with Crippen molar-refractivity contribution in [2.24, 2.45) is 0 Å². The summed E-state index contributed by atoms with van der Waals surface area (Å²) in [4.78, 5) is 6.00. The number of thiazole rings is 1. The molecular formula is C16H20BrFN2S. The van der Waals surface area contributed by atoms with Gasteiger partial charge in [-0.1, -0.05) is 43.6 Å². The Morgan fingerprint density at radius 3 is 2.57 bits per heavy atom. The molecule has 0 amide bonds. The molecule has 0 atom stereocenters. The number of benzene rings is 1. The van der Waals surface area contributed by atoms with Crippen LogP contribution in [-0.2, 0) is 12.0 Å². The number of nitrogens with zero attached hydrogens (tertiary/aromatic N) is 1. The summed E-state index contributed by atoms with van der Waals surface area (Å²) in [6, 6.07) is 4.90. The molecule has 1 heterocycles. The van der Waals surface area contributed by atoms with E-state index in [1.54, 1.807) is 11.3 Å². The van der Waals surface area contributed by atoms with Gasteiger partial charge in [-0.05, 0) is 24.7 Å². The molecule has 0 unspecified atom stereocenters. The SMILES string of the molecule is CCNCc1sc(-c2cc(F)cc(Br)c2)nc1C(C)(C)C. The van der Waals surface area contributed by atoms with Crippen molar-refractivity contribution in [1.29, 1.82) is 0 Å². The molecule has 0 aliphatic heterocycles. The summed E-state index contributed by atoms with van der Waals surface area (Å²) < 4.78 is 14.3. The van der Waals surface area contributed by atoms with E-state index in [0.29, 0.717) is 0 Å². The fourth-order valence-corrected chi connectivity index (χ4v) is 3.79. The highest BCUT2D eigenvalue weighted by molar-refractivity contribution is 9.10. The van der Waals surface area contributed by atoms with Crippen molar-refractivity contribution in [3.8, 4) is 10.6 Å². The zero-order chi connectivity index (χ0) is 15.6. The van der Waals surface area contributed by atoms with Crippen molar-refractivity contribution in [3.05, 3.63) is 39.1 Å². The van der Waals surface area contributed by atoms with Crippen molar-refractivity contribution in [1.82, 2.24) is 10.3 Å². The molecule has 1 aromatic heterocycles. The number of halogens is 2. The average Bonchev–Trinajstić information content (AvgIpc) is 2.79. The smallest absolute Gasteiger partial charge is 0.125 e. The van der Waals surface area contributed by atoms with Crippen molar-refractivity contribution >= 4 is 27.3 Å². The molecule has 1 N–H and O–H groups in total. The Morgan fingerprint density at radius 1 is 1.29 bits per heavy atom. The van der Waals surface area contributed by atoms with Crippen LogP contribution in [0.2, 0.25) is 0 Å². The molecule has 0 radical (unpaired) electrons. The summed E-state index contributed by atoms with van der Waals surface area (Å²) in [6.07, 6.45) is 0. The first-order chi connectivity index (χ1) is 9.81. The van der Waals surface area contributed by atoms with Gasteiger partial charge in [0.15, 0.2) is 0 Å². The fraction of sp³-hybridized carbons (Fsp3) is 0.438. The maximum atomic E-state index is 13.6. The molecule has 0 fully saturated rings. The van der Waals surface area contributed by atoms with Crippen molar-refractivity contribution in [3.63, 3.8) is 0 Å². The Hall–Kier alpha value is -0.780. The minimum absolute atomic E-state index is 0.0237. The van der Waals surface area contributed by atoms with Crippen LogP contribution in [0, 0.1) is 5.82 Å². The lowest BCUT2D eigenvalue weighted by Gasteiger charge is -2.17. The number of aromatic nitrogens is 1. The molecule has 0 saturated carbocycles. The number of rotatable bonds is 4. The molecular weight excluding hydrogens is 351 g/mol. The van der Waals surface area contributed by atoms with Crippen LogP contribution < -0.4 is 5.32 Å². The van der Waals surface area contributed by atoms with Gasteiger partial charge in [-0.3, -0.25) is 0 Å². The lowest BCUT2D eigenvalue weighted by molar-refractivity contribution is 0.561. The normalized spacial score (nSPS) is 11.9. The van der Waals surface area contributed by atoms with Gasteiger partial charge in [-0.2, -0.15) is 0 Å². The molecule has 21 heavy (non-hydrogen) atoms. The third-order valence-corrected chi connectivity index (χ3v) is 4.62. The summed E-state index contributed by atoms with van der Waals surface area (Å²) in [5.74, 6) is -0.250. The second-order valence-electron chi connectivity index (χ2n) is 5.98. The van der Waals surface area contributed by atoms with Crippen LogP contribution in [0.3, 0.4) is 0 Å². The highest BCUT2D eigenvalue weighted by atomic mass is 79.9. The van der Waals surface area contributed by atoms with Gasteiger partial charge in [0, 0.05) is 26.9 Å². The standard InChI is InChI=1S/C16H20BrFN2S/c1-5-19-9-13-14(16(2,3)4)20-15(21-13)10-6-11(17)8-12(18)7-10/h6-8,19H,5,9H2,1-4H3. The third-order valence-electron chi connectivity index (χ3n) is 3.05. The number of hydrogen-bond acceptors (Lipinski definition) is 3. The summed E-state index contributed by atoms with van der Waals surface area (Å²) >= 11 is 4.98. The van der Waals surface area contributed by atoms with Crippen LogP contribution in [0.15, 0.2) is 22.7 Å². The second kappa shape index (κ2) is 6.55. The lowest BCUT2D eigenvalue weighted by Crippen LogP contribution is -2.18. The molecule has 0 bridgehead atoms. The fourth-order valence-electron chi connectivity index (χ4n) is 2.10. The first kappa shape index (κ1) is 16.6. The Morgan fingerprint density at radius 2 is 2.00 bits per heavy atom. The Bertz CT molecular complexity index is 611. The van der Waals surface area contributed by atoms with E-state index < -0.39 is 0 Å². The molecule has 2 nitrogen and oxygen atoms in total. The molecule has 2 rings (SSSR count). The molecule has 5 heteroatoms. The van der Waals surface area contributed by atoms with Gasteiger partial charge in [0.2, 0.25) is 0 Å². The topological polar surface area (TPSA) is 24.9 Å². The maximum absolute atomic E-state index is 13.6. The second-order valence-corrected chi connectivity index (χ2v) is 7.98. The maximum Gasteiger partial charge on any atom is 0.125 e. The molecule has 0 aliphatic rings. The monoisotopic (exact) mass is 370 g/mol. The van der Waals surface area contributed by atoms with Crippen LogP contribution in [0.5, 0.6) is 0 Å². The quantitative estimate of drug-likeness (QED) is 0.807.